The van der Waals surface area contributed by atoms with Gasteiger partial charge < -0.3 is 14.7 Å². The molecule has 4 nitrogen and oxygen atoms in total. The minimum absolute atomic E-state index is 0.00312. The molecule has 0 aliphatic rings. The summed E-state index contributed by atoms with van der Waals surface area (Å²) in [7, 11) is 0. The van der Waals surface area contributed by atoms with Gasteiger partial charge in [-0.3, -0.25) is 0 Å². The van der Waals surface area contributed by atoms with E-state index in [0.717, 1.165) is 11.3 Å². The maximum Gasteiger partial charge on any atom is 0.128 e. The van der Waals surface area contributed by atoms with Crippen molar-refractivity contribution in [2.45, 2.75) is 33.1 Å². The van der Waals surface area contributed by atoms with E-state index in [1.807, 2.05) is 19.1 Å². The number of oxime groups is 1. The third-order valence-corrected chi connectivity index (χ3v) is 4.01. The van der Waals surface area contributed by atoms with Crippen LogP contribution in [0.4, 0.5) is 0 Å². The molecule has 0 aliphatic heterocycles. The van der Waals surface area contributed by atoms with Gasteiger partial charge in [0.25, 0.3) is 0 Å². The van der Waals surface area contributed by atoms with Gasteiger partial charge in [0, 0.05) is 10.6 Å². The number of rotatable bonds is 6. The summed E-state index contributed by atoms with van der Waals surface area (Å²) < 4.78 is 11.8. The number of aryl methyl sites for hydroxylation is 1. The number of hydrogen-bond donors (Lipinski definition) is 1. The Morgan fingerprint density at radius 3 is 2.52 bits per heavy atom. The molecule has 2 aromatic rings. The van der Waals surface area contributed by atoms with Gasteiger partial charge in [-0.05, 0) is 41.7 Å². The number of benzene rings is 2. The van der Waals surface area contributed by atoms with Gasteiger partial charge in [0.1, 0.15) is 24.7 Å². The summed E-state index contributed by atoms with van der Waals surface area (Å²) in [6.07, 6.45) is 1.29. The van der Waals surface area contributed by atoms with Crippen molar-refractivity contribution in [1.82, 2.24) is 0 Å². The highest BCUT2D eigenvalue weighted by Gasteiger charge is 2.20. The van der Waals surface area contributed by atoms with E-state index in [1.54, 1.807) is 18.2 Å². The molecule has 0 spiro atoms. The summed E-state index contributed by atoms with van der Waals surface area (Å²) in [5.41, 5.74) is 2.89. The van der Waals surface area contributed by atoms with Gasteiger partial charge in [-0.25, -0.2) is 0 Å². The summed E-state index contributed by atoms with van der Waals surface area (Å²) in [5.74, 6) is 1.50. The van der Waals surface area contributed by atoms with E-state index in [2.05, 4.69) is 32.0 Å². The Bertz CT molecular complexity index is 751. The zero-order valence-electron chi connectivity index (χ0n) is 15.0. The molecule has 0 fully saturated rings. The Labute approximate surface area is 154 Å². The molecule has 25 heavy (non-hydrogen) atoms. The fourth-order valence-electron chi connectivity index (χ4n) is 2.54. The highest BCUT2D eigenvalue weighted by atomic mass is 35.5. The summed E-state index contributed by atoms with van der Waals surface area (Å²) in [5, 5.41) is 12.3. The maximum absolute atomic E-state index is 8.74. The predicted molar refractivity (Wildman–Crippen MR) is 102 cm³/mol. The van der Waals surface area contributed by atoms with Crippen LogP contribution < -0.4 is 9.47 Å². The first-order chi connectivity index (χ1) is 11.8. The molecule has 0 unspecified atom stereocenters. The van der Waals surface area contributed by atoms with Crippen LogP contribution in [0.2, 0.25) is 5.02 Å². The van der Waals surface area contributed by atoms with E-state index in [0.29, 0.717) is 29.5 Å². The number of ether oxygens (including phenoxy) is 2. The Kier molecular flexibility index (Phi) is 6.32. The average Bonchev–Trinajstić information content (AvgIpc) is 2.53. The molecule has 134 valence electrons. The van der Waals surface area contributed by atoms with Crippen LogP contribution in [0.25, 0.3) is 0 Å². The van der Waals surface area contributed by atoms with Crippen LogP contribution in [-0.4, -0.2) is 24.6 Å². The lowest BCUT2D eigenvalue weighted by molar-refractivity contribution is 0.213. The number of hydrogen-bond acceptors (Lipinski definition) is 4. The second kappa shape index (κ2) is 8.26. The lowest BCUT2D eigenvalue weighted by Gasteiger charge is -2.24. The summed E-state index contributed by atoms with van der Waals surface area (Å²) in [6, 6.07) is 11.3. The lowest BCUT2D eigenvalue weighted by Crippen LogP contribution is -2.17. The van der Waals surface area contributed by atoms with Gasteiger partial charge in [0.2, 0.25) is 0 Å². The second-order valence-corrected chi connectivity index (χ2v) is 7.26. The van der Waals surface area contributed by atoms with Crippen LogP contribution in [0, 0.1) is 6.92 Å². The molecule has 2 rings (SSSR count). The molecular formula is C20H24ClNO3. The summed E-state index contributed by atoms with van der Waals surface area (Å²) in [4.78, 5) is 0. The first kappa shape index (κ1) is 19.1. The van der Waals surface area contributed by atoms with Gasteiger partial charge in [0.05, 0.1) is 6.21 Å². The van der Waals surface area contributed by atoms with Crippen LogP contribution >= 0.6 is 11.6 Å². The van der Waals surface area contributed by atoms with Crippen LogP contribution in [0.5, 0.6) is 11.5 Å². The lowest BCUT2D eigenvalue weighted by atomic mass is 9.85. The largest absolute Gasteiger partial charge is 0.489 e. The van der Waals surface area contributed by atoms with Gasteiger partial charge in [-0.2, -0.15) is 0 Å². The number of halogens is 1. The zero-order valence-corrected chi connectivity index (χ0v) is 15.8. The van der Waals surface area contributed by atoms with Gasteiger partial charge >= 0.3 is 0 Å². The minimum atomic E-state index is 0.00312. The first-order valence-corrected chi connectivity index (χ1v) is 8.53. The summed E-state index contributed by atoms with van der Waals surface area (Å²) >= 11 is 5.95. The molecule has 0 saturated heterocycles. The van der Waals surface area contributed by atoms with E-state index in [4.69, 9.17) is 26.3 Å². The monoisotopic (exact) mass is 361 g/mol. The smallest absolute Gasteiger partial charge is 0.128 e. The van der Waals surface area contributed by atoms with Gasteiger partial charge in [-0.15, -0.1) is 0 Å². The maximum atomic E-state index is 8.74. The topological polar surface area (TPSA) is 51.0 Å². The van der Waals surface area contributed by atoms with E-state index >= 15 is 0 Å². The molecule has 0 atom stereocenters. The predicted octanol–water partition coefficient (Wildman–Crippen LogP) is 5.21. The normalized spacial score (nSPS) is 11.7. The van der Waals surface area contributed by atoms with Crippen molar-refractivity contribution in [2.24, 2.45) is 5.16 Å². The van der Waals surface area contributed by atoms with Crippen molar-refractivity contribution >= 4 is 17.8 Å². The highest BCUT2D eigenvalue weighted by Crippen LogP contribution is 2.33. The fraction of sp³-hybridized carbons (Fsp3) is 0.350. The third-order valence-electron chi connectivity index (χ3n) is 3.78. The summed E-state index contributed by atoms with van der Waals surface area (Å²) in [6.45, 7) is 9.32. The van der Waals surface area contributed by atoms with Crippen LogP contribution in [0.3, 0.4) is 0 Å². The van der Waals surface area contributed by atoms with E-state index in [-0.39, 0.29) is 5.41 Å². The van der Waals surface area contributed by atoms with Crippen molar-refractivity contribution < 1.29 is 14.7 Å². The molecule has 0 bridgehead atoms. The molecule has 0 aromatic heterocycles. The Hall–Kier alpha value is -2.20. The molecule has 5 heteroatoms. The molecular weight excluding hydrogens is 338 g/mol. The molecule has 0 aliphatic carbocycles. The molecule has 2 aromatic carbocycles. The van der Waals surface area contributed by atoms with E-state index in [9.17, 15) is 0 Å². The van der Waals surface area contributed by atoms with Gasteiger partial charge in [0.15, 0.2) is 0 Å². The molecule has 0 amide bonds. The minimum Gasteiger partial charge on any atom is -0.489 e. The van der Waals surface area contributed by atoms with Crippen molar-refractivity contribution in [3.8, 4) is 11.5 Å². The highest BCUT2D eigenvalue weighted by molar-refractivity contribution is 6.30. The van der Waals surface area contributed by atoms with Crippen molar-refractivity contribution in [1.29, 1.82) is 0 Å². The third kappa shape index (κ3) is 5.13. The standard InChI is InChI=1S/C20H24ClNO3/c1-14-6-5-7-17(20(2,3)4)19(14)25-11-10-24-18-9-8-16(21)12-15(18)13-22-23/h5-9,12-13,23H,10-11H2,1-4H3. The Balaban J connectivity index is 2.04. The van der Waals surface area contributed by atoms with E-state index in [1.165, 1.54) is 11.8 Å². The SMILES string of the molecule is Cc1cccc(C(C)(C)C)c1OCCOc1ccc(Cl)cc1C=NO. The number of nitrogens with zero attached hydrogens (tertiary/aromatic N) is 1. The van der Waals surface area contributed by atoms with E-state index < -0.39 is 0 Å². The quantitative estimate of drug-likeness (QED) is 0.332. The second-order valence-electron chi connectivity index (χ2n) is 6.83. The average molecular weight is 362 g/mol. The zero-order chi connectivity index (χ0) is 18.4. The van der Waals surface area contributed by atoms with Crippen LogP contribution in [0.15, 0.2) is 41.6 Å². The van der Waals surface area contributed by atoms with Crippen LogP contribution in [0.1, 0.15) is 37.5 Å². The Morgan fingerprint density at radius 1 is 1.12 bits per heavy atom. The molecule has 0 heterocycles. The van der Waals surface area contributed by atoms with Crippen molar-refractivity contribution in [3.05, 3.63) is 58.1 Å². The molecule has 1 N–H and O–H groups in total. The molecule has 0 radical (unpaired) electrons. The van der Waals surface area contributed by atoms with Crippen molar-refractivity contribution in [2.75, 3.05) is 13.2 Å². The van der Waals surface area contributed by atoms with Crippen LogP contribution in [-0.2, 0) is 5.41 Å². The molecule has 0 saturated carbocycles. The number of para-hydroxylation sites is 1. The van der Waals surface area contributed by atoms with Gasteiger partial charge in [-0.1, -0.05) is 55.7 Å². The first-order valence-electron chi connectivity index (χ1n) is 8.15. The fourth-order valence-corrected chi connectivity index (χ4v) is 2.72. The Morgan fingerprint density at radius 2 is 1.84 bits per heavy atom. The van der Waals surface area contributed by atoms with Crippen molar-refractivity contribution in [3.63, 3.8) is 0 Å².